The second-order valence-corrected chi connectivity index (χ2v) is 6.69. The zero-order valence-corrected chi connectivity index (χ0v) is 19.2. The van der Waals surface area contributed by atoms with E-state index in [-0.39, 0.29) is 42.0 Å². The summed E-state index contributed by atoms with van der Waals surface area (Å²) in [4.78, 5) is 18.6. The summed E-state index contributed by atoms with van der Waals surface area (Å²) in [6.45, 7) is 4.88. The topological polar surface area (TPSA) is 63.2 Å². The molecular weight excluding hydrogens is 481 g/mol. The van der Waals surface area contributed by atoms with E-state index in [1.165, 1.54) is 7.11 Å². The minimum atomic E-state index is -0.157. The molecule has 0 aromatic heterocycles. The van der Waals surface area contributed by atoms with Gasteiger partial charge in [-0.3, -0.25) is 9.79 Å². The summed E-state index contributed by atoms with van der Waals surface area (Å²) in [5, 5.41) is 4.02. The van der Waals surface area contributed by atoms with Gasteiger partial charge in [-0.05, 0) is 37.5 Å². The molecule has 1 atom stereocenters. The molecule has 1 aromatic carbocycles. The molecule has 1 fully saturated rings. The maximum atomic E-state index is 11.7. The Morgan fingerprint density at radius 2 is 2.07 bits per heavy atom. The van der Waals surface area contributed by atoms with Gasteiger partial charge in [0, 0.05) is 31.8 Å². The summed E-state index contributed by atoms with van der Waals surface area (Å²) in [6, 6.07) is 7.65. The molecule has 152 valence electrons. The SMILES string of the molecule is CCNC(=NCC(OC)c1cccc(Cl)c1)N1CCC(C(=O)OC)CC1.I. The third-order valence-corrected chi connectivity index (χ3v) is 4.81. The Morgan fingerprint density at radius 3 is 2.63 bits per heavy atom. The fourth-order valence-electron chi connectivity index (χ4n) is 3.11. The molecule has 1 aliphatic heterocycles. The molecule has 27 heavy (non-hydrogen) atoms. The van der Waals surface area contributed by atoms with Gasteiger partial charge in [-0.25, -0.2) is 0 Å². The van der Waals surface area contributed by atoms with Crippen molar-refractivity contribution >= 4 is 47.5 Å². The van der Waals surface area contributed by atoms with Crippen LogP contribution < -0.4 is 5.32 Å². The molecule has 0 aliphatic carbocycles. The minimum absolute atomic E-state index is 0. The first kappa shape index (κ1) is 24.0. The van der Waals surface area contributed by atoms with Crippen LogP contribution in [0.4, 0.5) is 0 Å². The highest BCUT2D eigenvalue weighted by Gasteiger charge is 2.27. The molecule has 1 N–H and O–H groups in total. The van der Waals surface area contributed by atoms with Gasteiger partial charge in [-0.2, -0.15) is 0 Å². The number of halogens is 2. The first-order valence-corrected chi connectivity index (χ1v) is 9.36. The van der Waals surface area contributed by atoms with Gasteiger partial charge in [0.1, 0.15) is 6.10 Å². The fraction of sp³-hybridized carbons (Fsp3) is 0.579. The predicted molar refractivity (Wildman–Crippen MR) is 119 cm³/mol. The first-order chi connectivity index (χ1) is 12.6. The number of rotatable bonds is 6. The van der Waals surface area contributed by atoms with Gasteiger partial charge < -0.3 is 19.7 Å². The van der Waals surface area contributed by atoms with Crippen molar-refractivity contribution in [2.45, 2.75) is 25.9 Å². The Hall–Kier alpha value is -1.06. The van der Waals surface area contributed by atoms with Gasteiger partial charge in [0.25, 0.3) is 0 Å². The van der Waals surface area contributed by atoms with E-state index in [4.69, 9.17) is 26.1 Å². The molecular formula is C19H29ClIN3O3. The zero-order chi connectivity index (χ0) is 18.9. The number of hydrogen-bond donors (Lipinski definition) is 1. The third kappa shape index (κ3) is 7.12. The molecule has 1 aliphatic rings. The molecule has 0 bridgehead atoms. The number of carbonyl (C=O) groups is 1. The van der Waals surface area contributed by atoms with Gasteiger partial charge in [-0.15, -0.1) is 24.0 Å². The highest BCUT2D eigenvalue weighted by atomic mass is 127. The second-order valence-electron chi connectivity index (χ2n) is 6.26. The average Bonchev–Trinajstić information content (AvgIpc) is 2.67. The Kier molecular flexibility index (Phi) is 11.0. The van der Waals surface area contributed by atoms with Gasteiger partial charge in [-0.1, -0.05) is 23.7 Å². The van der Waals surface area contributed by atoms with Crippen molar-refractivity contribution in [3.63, 3.8) is 0 Å². The third-order valence-electron chi connectivity index (χ3n) is 4.58. The Morgan fingerprint density at radius 1 is 1.37 bits per heavy atom. The van der Waals surface area contributed by atoms with Crippen molar-refractivity contribution in [2.24, 2.45) is 10.9 Å². The van der Waals surface area contributed by atoms with Gasteiger partial charge >= 0.3 is 5.97 Å². The number of esters is 1. The van der Waals surface area contributed by atoms with Crippen LogP contribution in [0.15, 0.2) is 29.3 Å². The lowest BCUT2D eigenvalue weighted by Crippen LogP contribution is -2.46. The number of piperidine rings is 1. The van der Waals surface area contributed by atoms with Crippen LogP contribution in [0.2, 0.25) is 5.02 Å². The standard InChI is InChI=1S/C19H28ClN3O3.HI/c1-4-21-19(23-10-8-14(9-11-23)18(24)26-3)22-13-17(25-2)15-6-5-7-16(20)12-15;/h5-7,12,14,17H,4,8-11,13H2,1-3H3,(H,21,22);1H. The highest BCUT2D eigenvalue weighted by Crippen LogP contribution is 2.22. The Labute approximate surface area is 183 Å². The number of aliphatic imine (C=N–C) groups is 1. The Balaban J connectivity index is 0.00000364. The first-order valence-electron chi connectivity index (χ1n) is 8.98. The number of guanidine groups is 1. The van der Waals surface area contributed by atoms with Gasteiger partial charge in [0.05, 0.1) is 19.6 Å². The summed E-state index contributed by atoms with van der Waals surface area (Å²) in [7, 11) is 3.12. The van der Waals surface area contributed by atoms with Crippen LogP contribution in [-0.2, 0) is 14.3 Å². The molecule has 6 nitrogen and oxygen atoms in total. The normalized spacial score (nSPS) is 16.4. The number of ether oxygens (including phenoxy) is 2. The number of carbonyl (C=O) groups excluding carboxylic acids is 1. The highest BCUT2D eigenvalue weighted by molar-refractivity contribution is 14.0. The molecule has 1 heterocycles. The minimum Gasteiger partial charge on any atom is -0.469 e. The molecule has 0 amide bonds. The van der Waals surface area contributed by atoms with Crippen molar-refractivity contribution in [1.82, 2.24) is 10.2 Å². The summed E-state index contributed by atoms with van der Waals surface area (Å²) < 4.78 is 10.5. The fourth-order valence-corrected chi connectivity index (χ4v) is 3.31. The van der Waals surface area contributed by atoms with E-state index < -0.39 is 0 Å². The van der Waals surface area contributed by atoms with Crippen molar-refractivity contribution in [3.05, 3.63) is 34.9 Å². The van der Waals surface area contributed by atoms with Crippen LogP contribution in [0.3, 0.4) is 0 Å². The van der Waals surface area contributed by atoms with Gasteiger partial charge in [0.15, 0.2) is 5.96 Å². The molecule has 8 heteroatoms. The lowest BCUT2D eigenvalue weighted by atomic mass is 9.97. The number of hydrogen-bond acceptors (Lipinski definition) is 4. The quantitative estimate of drug-likeness (QED) is 0.275. The van der Waals surface area contributed by atoms with Gasteiger partial charge in [0.2, 0.25) is 0 Å². The number of likely N-dealkylation sites (tertiary alicyclic amines) is 1. The van der Waals surface area contributed by atoms with Crippen LogP contribution in [0, 0.1) is 5.92 Å². The predicted octanol–water partition coefficient (Wildman–Crippen LogP) is 3.50. The zero-order valence-electron chi connectivity index (χ0n) is 16.1. The van der Waals surface area contributed by atoms with E-state index in [0.29, 0.717) is 11.6 Å². The maximum absolute atomic E-state index is 11.7. The van der Waals surface area contributed by atoms with Crippen molar-refractivity contribution < 1.29 is 14.3 Å². The van der Waals surface area contributed by atoms with E-state index in [9.17, 15) is 4.79 Å². The molecule has 1 saturated heterocycles. The smallest absolute Gasteiger partial charge is 0.308 e. The lowest BCUT2D eigenvalue weighted by Gasteiger charge is -2.33. The number of nitrogens with zero attached hydrogens (tertiary/aromatic N) is 2. The average molecular weight is 510 g/mol. The van der Waals surface area contributed by atoms with Crippen molar-refractivity contribution in [1.29, 1.82) is 0 Å². The Bertz CT molecular complexity index is 622. The summed E-state index contributed by atoms with van der Waals surface area (Å²) in [5.74, 6) is 0.712. The largest absolute Gasteiger partial charge is 0.469 e. The summed E-state index contributed by atoms with van der Waals surface area (Å²) >= 11 is 6.08. The molecule has 0 spiro atoms. The van der Waals surface area contributed by atoms with Crippen LogP contribution in [-0.4, -0.2) is 57.2 Å². The number of benzene rings is 1. The molecule has 0 saturated carbocycles. The van der Waals surface area contributed by atoms with Crippen LogP contribution in [0.25, 0.3) is 0 Å². The molecule has 0 radical (unpaired) electrons. The van der Waals surface area contributed by atoms with Crippen LogP contribution >= 0.6 is 35.6 Å². The molecule has 1 aromatic rings. The van der Waals surface area contributed by atoms with Crippen LogP contribution in [0.1, 0.15) is 31.4 Å². The van der Waals surface area contributed by atoms with E-state index >= 15 is 0 Å². The van der Waals surface area contributed by atoms with Crippen molar-refractivity contribution in [3.8, 4) is 0 Å². The second kappa shape index (κ2) is 12.4. The maximum Gasteiger partial charge on any atom is 0.308 e. The van der Waals surface area contributed by atoms with Crippen LogP contribution in [0.5, 0.6) is 0 Å². The lowest BCUT2D eigenvalue weighted by molar-refractivity contribution is -0.146. The summed E-state index contributed by atoms with van der Waals surface area (Å²) in [5.41, 5.74) is 1.00. The van der Waals surface area contributed by atoms with E-state index in [1.807, 2.05) is 31.2 Å². The van der Waals surface area contributed by atoms with E-state index in [0.717, 1.165) is 44.0 Å². The van der Waals surface area contributed by atoms with E-state index in [1.54, 1.807) is 7.11 Å². The molecule has 2 rings (SSSR count). The monoisotopic (exact) mass is 509 g/mol. The molecule has 1 unspecified atom stereocenters. The summed E-state index contributed by atoms with van der Waals surface area (Å²) in [6.07, 6.45) is 1.40. The van der Waals surface area contributed by atoms with E-state index in [2.05, 4.69) is 10.2 Å². The van der Waals surface area contributed by atoms with Crippen molar-refractivity contribution in [2.75, 3.05) is 40.4 Å². The number of nitrogens with one attached hydrogen (secondary N) is 1. The number of methoxy groups -OCH3 is 2.